The van der Waals surface area contributed by atoms with Gasteiger partial charge in [-0.2, -0.15) is 0 Å². The Labute approximate surface area is 184 Å². The highest BCUT2D eigenvalue weighted by Gasteiger charge is 2.22. The highest BCUT2D eigenvalue weighted by Crippen LogP contribution is 2.43. The quantitative estimate of drug-likeness (QED) is 0.302. The van der Waals surface area contributed by atoms with E-state index in [0.717, 1.165) is 39.0 Å². The largest absolute Gasteiger partial charge is 0.455 e. The van der Waals surface area contributed by atoms with Crippen molar-refractivity contribution in [3.05, 3.63) is 108 Å². The fraction of sp³-hybridized carbons (Fsp3) is 0.133. The number of furan rings is 1. The molecule has 0 saturated heterocycles. The van der Waals surface area contributed by atoms with Crippen molar-refractivity contribution < 1.29 is 4.42 Å². The Morgan fingerprint density at radius 3 is 2.29 bits per heavy atom. The van der Waals surface area contributed by atoms with Crippen LogP contribution in [0.25, 0.3) is 44.5 Å². The third-order valence-electron chi connectivity index (χ3n) is 6.00. The van der Waals surface area contributed by atoms with Crippen LogP contribution in [0, 0.1) is 13.8 Å². The average molecular weight is 405 g/mol. The average Bonchev–Trinajstić information content (AvgIpc) is 3.16. The maximum absolute atomic E-state index is 6.52. The van der Waals surface area contributed by atoms with Gasteiger partial charge in [-0.1, -0.05) is 79.9 Å². The summed E-state index contributed by atoms with van der Waals surface area (Å²) < 4.78 is 6.52. The molecule has 31 heavy (non-hydrogen) atoms. The van der Waals surface area contributed by atoms with E-state index in [1.165, 1.54) is 27.5 Å². The number of rotatable bonds is 5. The molecule has 0 aliphatic rings. The highest BCUT2D eigenvalue weighted by molar-refractivity contribution is 6.09. The number of hydrogen-bond acceptors (Lipinski definition) is 1. The lowest BCUT2D eigenvalue weighted by molar-refractivity contribution is 0.604. The van der Waals surface area contributed by atoms with Gasteiger partial charge >= 0.3 is 0 Å². The van der Waals surface area contributed by atoms with Gasteiger partial charge < -0.3 is 4.42 Å². The molecule has 0 atom stereocenters. The fourth-order valence-corrected chi connectivity index (χ4v) is 4.41. The van der Waals surface area contributed by atoms with E-state index in [-0.39, 0.29) is 0 Å². The molecule has 1 nitrogen and oxygen atoms in total. The number of allylic oxidation sites excluding steroid dienone is 5. The van der Waals surface area contributed by atoms with Crippen LogP contribution in [0.4, 0.5) is 0 Å². The van der Waals surface area contributed by atoms with Crippen LogP contribution in [0.5, 0.6) is 0 Å². The van der Waals surface area contributed by atoms with Crippen molar-refractivity contribution in [3.63, 3.8) is 0 Å². The van der Waals surface area contributed by atoms with E-state index in [0.29, 0.717) is 0 Å². The van der Waals surface area contributed by atoms with E-state index in [2.05, 4.69) is 94.6 Å². The Hall–Kier alpha value is -3.58. The molecule has 0 radical (unpaired) electrons. The van der Waals surface area contributed by atoms with Crippen molar-refractivity contribution in [2.75, 3.05) is 0 Å². The first kappa shape index (κ1) is 20.7. The second kappa shape index (κ2) is 8.28. The molecule has 4 aromatic rings. The maximum atomic E-state index is 6.52. The zero-order valence-electron chi connectivity index (χ0n) is 18.8. The molecule has 4 rings (SSSR count). The van der Waals surface area contributed by atoms with Crippen LogP contribution in [-0.2, 0) is 0 Å². The smallest absolute Gasteiger partial charge is 0.143 e. The van der Waals surface area contributed by atoms with Gasteiger partial charge in [0, 0.05) is 16.5 Å². The molecule has 0 aliphatic heterocycles. The molecular weight excluding hydrogens is 376 g/mol. The summed E-state index contributed by atoms with van der Waals surface area (Å²) in [5, 5.41) is 3.56. The summed E-state index contributed by atoms with van der Waals surface area (Å²) in [6.07, 6.45) is 7.88. The second-order valence-corrected chi connectivity index (χ2v) is 7.96. The standard InChI is InChI=1S/C30H28O/c1-7-12-23(19(4)8-2)29-25-18-16-21(6)28(30(25)31-26(29)9-3)27-20(5)15-17-22-13-10-11-14-24(22)27/h7-18H,2-3H2,1,4-6H3/b12-7-,23-19+. The number of aryl methyl sites for hydroxylation is 2. The molecule has 154 valence electrons. The van der Waals surface area contributed by atoms with Crippen molar-refractivity contribution in [3.8, 4) is 11.1 Å². The number of fused-ring (bicyclic) bond motifs is 2. The van der Waals surface area contributed by atoms with Crippen molar-refractivity contribution in [1.29, 1.82) is 0 Å². The van der Waals surface area contributed by atoms with Gasteiger partial charge in [0.1, 0.15) is 11.3 Å². The Morgan fingerprint density at radius 2 is 1.58 bits per heavy atom. The molecular formula is C30H28O. The summed E-state index contributed by atoms with van der Waals surface area (Å²) in [4.78, 5) is 0. The zero-order valence-corrected chi connectivity index (χ0v) is 18.8. The molecule has 3 aromatic carbocycles. The molecule has 0 aliphatic carbocycles. The Morgan fingerprint density at radius 1 is 0.871 bits per heavy atom. The molecule has 0 unspecified atom stereocenters. The fourth-order valence-electron chi connectivity index (χ4n) is 4.41. The van der Waals surface area contributed by atoms with Gasteiger partial charge in [0.15, 0.2) is 0 Å². The van der Waals surface area contributed by atoms with Crippen LogP contribution in [-0.4, -0.2) is 0 Å². The molecule has 0 fully saturated rings. The second-order valence-electron chi connectivity index (χ2n) is 7.96. The van der Waals surface area contributed by atoms with Crippen molar-refractivity contribution in [1.82, 2.24) is 0 Å². The third-order valence-corrected chi connectivity index (χ3v) is 6.00. The first-order valence-electron chi connectivity index (χ1n) is 10.7. The molecule has 1 heteroatoms. The predicted octanol–water partition coefficient (Wildman–Crippen LogP) is 9.05. The van der Waals surface area contributed by atoms with E-state index in [1.807, 2.05) is 19.1 Å². The number of benzene rings is 3. The van der Waals surface area contributed by atoms with E-state index in [9.17, 15) is 0 Å². The van der Waals surface area contributed by atoms with E-state index < -0.39 is 0 Å². The minimum absolute atomic E-state index is 0.786. The minimum Gasteiger partial charge on any atom is -0.455 e. The molecule has 0 amide bonds. The van der Waals surface area contributed by atoms with Crippen molar-refractivity contribution in [2.24, 2.45) is 0 Å². The number of hydrogen-bond donors (Lipinski definition) is 0. The summed E-state index contributed by atoms with van der Waals surface area (Å²) in [7, 11) is 0. The van der Waals surface area contributed by atoms with Crippen LogP contribution in [0.1, 0.15) is 36.3 Å². The van der Waals surface area contributed by atoms with Gasteiger partial charge in [0.25, 0.3) is 0 Å². The van der Waals surface area contributed by atoms with Gasteiger partial charge in [-0.05, 0) is 72.4 Å². The highest BCUT2D eigenvalue weighted by atomic mass is 16.3. The van der Waals surface area contributed by atoms with Crippen molar-refractivity contribution >= 4 is 33.4 Å². The molecule has 0 spiro atoms. The van der Waals surface area contributed by atoms with Crippen LogP contribution in [0.3, 0.4) is 0 Å². The molecule has 0 bridgehead atoms. The van der Waals surface area contributed by atoms with Gasteiger partial charge in [0.2, 0.25) is 0 Å². The molecule has 0 N–H and O–H groups in total. The SMILES string of the molecule is C=C/C(C)=C(\C=C/C)c1c(C=C)oc2c(-c3c(C)ccc4ccccc34)c(C)ccc12. The Bertz CT molecular complexity index is 1390. The summed E-state index contributed by atoms with van der Waals surface area (Å²) in [6, 6.07) is 17.3. The lowest BCUT2D eigenvalue weighted by Crippen LogP contribution is -1.91. The monoisotopic (exact) mass is 404 g/mol. The van der Waals surface area contributed by atoms with E-state index >= 15 is 0 Å². The molecule has 0 saturated carbocycles. The van der Waals surface area contributed by atoms with Crippen molar-refractivity contribution in [2.45, 2.75) is 27.7 Å². The minimum atomic E-state index is 0.786. The Balaban J connectivity index is 2.18. The lowest BCUT2D eigenvalue weighted by atomic mass is 9.89. The normalized spacial score (nSPS) is 12.5. The van der Waals surface area contributed by atoms with Crippen LogP contribution >= 0.6 is 0 Å². The summed E-state index contributed by atoms with van der Waals surface area (Å²) in [5.41, 5.74) is 9.00. The van der Waals surface area contributed by atoms with Crippen LogP contribution in [0.15, 0.2) is 89.9 Å². The van der Waals surface area contributed by atoms with Gasteiger partial charge in [-0.25, -0.2) is 0 Å². The van der Waals surface area contributed by atoms with Gasteiger partial charge in [0.05, 0.1) is 0 Å². The first-order valence-corrected chi connectivity index (χ1v) is 10.7. The van der Waals surface area contributed by atoms with Gasteiger partial charge in [-0.15, -0.1) is 0 Å². The lowest BCUT2D eigenvalue weighted by Gasteiger charge is -2.14. The molecule has 1 aromatic heterocycles. The summed E-state index contributed by atoms with van der Waals surface area (Å²) in [6.45, 7) is 16.5. The maximum Gasteiger partial charge on any atom is 0.143 e. The molecule has 1 heterocycles. The third kappa shape index (κ3) is 3.37. The zero-order chi connectivity index (χ0) is 22.1. The first-order chi connectivity index (χ1) is 15.0. The van der Waals surface area contributed by atoms with E-state index in [4.69, 9.17) is 4.42 Å². The predicted molar refractivity (Wildman–Crippen MR) is 136 cm³/mol. The topological polar surface area (TPSA) is 13.1 Å². The van der Waals surface area contributed by atoms with Crippen LogP contribution < -0.4 is 0 Å². The van der Waals surface area contributed by atoms with E-state index in [1.54, 1.807) is 0 Å². The van der Waals surface area contributed by atoms with Crippen LogP contribution in [0.2, 0.25) is 0 Å². The summed E-state index contributed by atoms with van der Waals surface area (Å²) in [5.74, 6) is 0.786. The summed E-state index contributed by atoms with van der Waals surface area (Å²) >= 11 is 0. The Kier molecular flexibility index (Phi) is 5.52. The van der Waals surface area contributed by atoms with Gasteiger partial charge in [-0.3, -0.25) is 0 Å².